The van der Waals surface area contributed by atoms with Gasteiger partial charge in [0.2, 0.25) is 5.89 Å². The zero-order valence-corrected chi connectivity index (χ0v) is 17.2. The van der Waals surface area contributed by atoms with Gasteiger partial charge in [0, 0.05) is 17.3 Å². The van der Waals surface area contributed by atoms with Crippen LogP contribution in [0.25, 0.3) is 33.5 Å². The van der Waals surface area contributed by atoms with Crippen molar-refractivity contribution in [2.24, 2.45) is 0 Å². The first kappa shape index (κ1) is 19.1. The van der Waals surface area contributed by atoms with Gasteiger partial charge in [0.25, 0.3) is 5.91 Å². The van der Waals surface area contributed by atoms with Gasteiger partial charge in [-0.1, -0.05) is 41.9 Å². The third-order valence-electron chi connectivity index (χ3n) is 4.92. The summed E-state index contributed by atoms with van der Waals surface area (Å²) in [5.41, 5.74) is 2.58. The van der Waals surface area contributed by atoms with Crippen molar-refractivity contribution < 1.29 is 13.9 Å². The van der Waals surface area contributed by atoms with Crippen molar-refractivity contribution >= 4 is 45.2 Å². The van der Waals surface area contributed by atoms with Crippen LogP contribution in [0.15, 0.2) is 77.3 Å². The molecule has 3 aromatic carbocycles. The maximum Gasteiger partial charge on any atom is 0.255 e. The van der Waals surface area contributed by atoms with Gasteiger partial charge in [-0.25, -0.2) is 4.98 Å². The Balaban J connectivity index is 1.53. The molecular formula is C24H16ClN3O3. The molecule has 7 heteroatoms. The quantitative estimate of drug-likeness (QED) is 0.381. The van der Waals surface area contributed by atoms with E-state index in [1.54, 1.807) is 36.5 Å². The average Bonchev–Trinajstić information content (AvgIpc) is 3.23. The highest BCUT2D eigenvalue weighted by molar-refractivity contribution is 6.33. The van der Waals surface area contributed by atoms with E-state index in [2.05, 4.69) is 15.3 Å². The molecule has 152 valence electrons. The number of oxazole rings is 1. The number of ether oxygens (including phenoxy) is 1. The summed E-state index contributed by atoms with van der Waals surface area (Å²) >= 11 is 6.43. The number of anilines is 1. The molecule has 2 heterocycles. The smallest absolute Gasteiger partial charge is 0.255 e. The number of carbonyl (C=O) groups is 1. The number of pyridine rings is 1. The Morgan fingerprint density at radius 2 is 1.87 bits per heavy atom. The molecule has 0 aliphatic rings. The Kier molecular flexibility index (Phi) is 4.76. The SMILES string of the molecule is COc1c(Cl)cc(-c2nc3ncccc3o2)cc1NC(=O)c1ccc2ccccc2c1. The minimum Gasteiger partial charge on any atom is -0.493 e. The summed E-state index contributed by atoms with van der Waals surface area (Å²) in [6.45, 7) is 0. The highest BCUT2D eigenvalue weighted by Gasteiger charge is 2.18. The highest BCUT2D eigenvalue weighted by atomic mass is 35.5. The zero-order valence-electron chi connectivity index (χ0n) is 16.4. The van der Waals surface area contributed by atoms with Crippen molar-refractivity contribution in [2.45, 2.75) is 0 Å². The fourth-order valence-corrected chi connectivity index (χ4v) is 3.73. The predicted molar refractivity (Wildman–Crippen MR) is 121 cm³/mol. The van der Waals surface area contributed by atoms with Crippen LogP contribution in [0.4, 0.5) is 5.69 Å². The predicted octanol–water partition coefficient (Wildman–Crippen LogP) is 5.96. The van der Waals surface area contributed by atoms with Gasteiger partial charge in [-0.3, -0.25) is 4.79 Å². The molecule has 5 aromatic rings. The first-order valence-corrected chi connectivity index (χ1v) is 9.90. The largest absolute Gasteiger partial charge is 0.493 e. The lowest BCUT2D eigenvalue weighted by atomic mass is 10.1. The maximum absolute atomic E-state index is 13.0. The molecule has 1 amide bonds. The van der Waals surface area contributed by atoms with Crippen LogP contribution in [-0.4, -0.2) is 23.0 Å². The number of benzene rings is 3. The van der Waals surface area contributed by atoms with Gasteiger partial charge >= 0.3 is 0 Å². The van der Waals surface area contributed by atoms with E-state index >= 15 is 0 Å². The van der Waals surface area contributed by atoms with Crippen molar-refractivity contribution in [2.75, 3.05) is 12.4 Å². The second kappa shape index (κ2) is 7.74. The van der Waals surface area contributed by atoms with Crippen molar-refractivity contribution in [1.82, 2.24) is 9.97 Å². The fraction of sp³-hybridized carbons (Fsp3) is 0.0417. The molecule has 6 nitrogen and oxygen atoms in total. The van der Waals surface area contributed by atoms with E-state index in [1.165, 1.54) is 7.11 Å². The van der Waals surface area contributed by atoms with Gasteiger partial charge in [-0.15, -0.1) is 0 Å². The van der Waals surface area contributed by atoms with Gasteiger partial charge in [0.15, 0.2) is 17.0 Å². The van der Waals surface area contributed by atoms with E-state index in [0.717, 1.165) is 10.8 Å². The number of rotatable bonds is 4. The lowest BCUT2D eigenvalue weighted by Gasteiger charge is -2.13. The number of methoxy groups -OCH3 is 1. The van der Waals surface area contributed by atoms with Gasteiger partial charge in [0.05, 0.1) is 17.8 Å². The average molecular weight is 430 g/mol. The standard InChI is InChI=1S/C24H16ClN3O3/c1-30-21-18(25)12-17(24-28-22-20(31-24)7-4-10-26-22)13-19(21)27-23(29)16-9-8-14-5-2-3-6-15(14)11-16/h2-13H,1H3,(H,27,29). The number of fused-ring (bicyclic) bond motifs is 2. The molecule has 0 saturated carbocycles. The molecule has 0 aliphatic heterocycles. The first-order valence-electron chi connectivity index (χ1n) is 9.52. The zero-order chi connectivity index (χ0) is 21.4. The Morgan fingerprint density at radius 1 is 1.03 bits per heavy atom. The van der Waals surface area contributed by atoms with Crippen molar-refractivity contribution in [3.8, 4) is 17.2 Å². The van der Waals surface area contributed by atoms with E-state index < -0.39 is 0 Å². The second-order valence-electron chi connectivity index (χ2n) is 6.90. The maximum atomic E-state index is 13.0. The van der Waals surface area contributed by atoms with Crippen LogP contribution in [0.5, 0.6) is 5.75 Å². The third-order valence-corrected chi connectivity index (χ3v) is 5.20. The summed E-state index contributed by atoms with van der Waals surface area (Å²) in [6, 6.07) is 20.3. The highest BCUT2D eigenvalue weighted by Crippen LogP contribution is 2.38. The number of nitrogens with zero attached hydrogens (tertiary/aromatic N) is 2. The Labute approximate surface area is 182 Å². The molecule has 31 heavy (non-hydrogen) atoms. The minimum absolute atomic E-state index is 0.281. The lowest BCUT2D eigenvalue weighted by Crippen LogP contribution is -2.13. The van der Waals surface area contributed by atoms with Gasteiger partial charge < -0.3 is 14.5 Å². The monoisotopic (exact) mass is 429 g/mol. The van der Waals surface area contributed by atoms with E-state index in [0.29, 0.717) is 44.7 Å². The number of hydrogen-bond acceptors (Lipinski definition) is 5. The molecule has 0 radical (unpaired) electrons. The Morgan fingerprint density at radius 3 is 2.68 bits per heavy atom. The summed E-state index contributed by atoms with van der Waals surface area (Å²) in [5, 5.41) is 5.26. The van der Waals surface area contributed by atoms with Crippen LogP contribution in [0, 0.1) is 0 Å². The molecule has 2 aromatic heterocycles. The van der Waals surface area contributed by atoms with Gasteiger partial charge in [-0.05, 0) is 47.2 Å². The van der Waals surface area contributed by atoms with Crippen LogP contribution in [0.1, 0.15) is 10.4 Å². The first-order chi connectivity index (χ1) is 15.1. The molecule has 0 aliphatic carbocycles. The summed E-state index contributed by atoms with van der Waals surface area (Å²) in [5.74, 6) is 0.421. The van der Waals surface area contributed by atoms with Crippen molar-refractivity contribution in [3.63, 3.8) is 0 Å². The van der Waals surface area contributed by atoms with Crippen LogP contribution in [0.3, 0.4) is 0 Å². The number of halogens is 1. The fourth-order valence-electron chi connectivity index (χ4n) is 3.43. The number of aromatic nitrogens is 2. The molecule has 5 rings (SSSR count). The van der Waals surface area contributed by atoms with Crippen LogP contribution >= 0.6 is 11.6 Å². The molecule has 0 bridgehead atoms. The molecule has 0 unspecified atom stereocenters. The number of hydrogen-bond donors (Lipinski definition) is 1. The van der Waals surface area contributed by atoms with Crippen LogP contribution < -0.4 is 10.1 Å². The lowest BCUT2D eigenvalue weighted by molar-refractivity contribution is 0.102. The number of nitrogens with one attached hydrogen (secondary N) is 1. The summed E-state index contributed by atoms with van der Waals surface area (Å²) in [4.78, 5) is 21.6. The molecule has 0 saturated heterocycles. The molecule has 0 atom stereocenters. The molecular weight excluding hydrogens is 414 g/mol. The summed E-state index contributed by atoms with van der Waals surface area (Å²) in [6.07, 6.45) is 1.64. The minimum atomic E-state index is -0.281. The number of amides is 1. The van der Waals surface area contributed by atoms with Crippen LogP contribution in [-0.2, 0) is 0 Å². The van der Waals surface area contributed by atoms with E-state index in [1.807, 2.05) is 36.4 Å². The summed E-state index contributed by atoms with van der Waals surface area (Å²) < 4.78 is 11.2. The van der Waals surface area contributed by atoms with Crippen molar-refractivity contribution in [1.29, 1.82) is 0 Å². The Bertz CT molecular complexity index is 1410. The Hall–Kier alpha value is -3.90. The van der Waals surface area contributed by atoms with Crippen LogP contribution in [0.2, 0.25) is 5.02 Å². The summed E-state index contributed by atoms with van der Waals surface area (Å²) in [7, 11) is 1.50. The molecule has 0 fully saturated rings. The third kappa shape index (κ3) is 3.58. The second-order valence-corrected chi connectivity index (χ2v) is 7.31. The normalized spacial score (nSPS) is 11.0. The van der Waals surface area contributed by atoms with Crippen molar-refractivity contribution in [3.05, 3.63) is 83.5 Å². The van der Waals surface area contributed by atoms with E-state index in [-0.39, 0.29) is 5.91 Å². The molecule has 1 N–H and O–H groups in total. The van der Waals surface area contributed by atoms with E-state index in [9.17, 15) is 4.79 Å². The topological polar surface area (TPSA) is 77.2 Å². The van der Waals surface area contributed by atoms with E-state index in [4.69, 9.17) is 20.8 Å². The molecule has 0 spiro atoms. The van der Waals surface area contributed by atoms with Gasteiger partial charge in [0.1, 0.15) is 0 Å². The van der Waals surface area contributed by atoms with Gasteiger partial charge in [-0.2, -0.15) is 4.98 Å². The number of carbonyl (C=O) groups excluding carboxylic acids is 1.